The fourth-order valence-electron chi connectivity index (χ4n) is 14.6. The summed E-state index contributed by atoms with van der Waals surface area (Å²) in [7, 11) is 0. The molecule has 6 rings (SSSR count). The number of esters is 6. The summed E-state index contributed by atoms with van der Waals surface area (Å²) < 4.78 is 195. The molecule has 37 nitrogen and oxygen atoms in total. The summed E-state index contributed by atoms with van der Waals surface area (Å²) >= 11 is 0. The normalized spacial score (nSPS) is 31.9. The Hall–Kier alpha value is -7.30. The van der Waals surface area contributed by atoms with E-state index in [9.17, 15) is 24.6 Å². The van der Waals surface area contributed by atoms with Crippen molar-refractivity contribution in [1.29, 1.82) is 0 Å². The van der Waals surface area contributed by atoms with E-state index in [1.807, 2.05) is 0 Å². The summed E-state index contributed by atoms with van der Waals surface area (Å²) in [5, 5.41) is 24.0. The average Bonchev–Trinajstić information content (AvgIpc) is 0.753. The van der Waals surface area contributed by atoms with Crippen LogP contribution in [-0.2, 0) is 166 Å². The molecule has 30 atom stereocenters. The average molecular weight is 1980 g/mol. The van der Waals surface area contributed by atoms with Crippen LogP contribution in [-0.4, -0.2) is 349 Å². The lowest BCUT2D eigenvalue weighted by atomic mass is 9.93. The number of hydrogen-bond acceptors (Lipinski definition) is 37. The second kappa shape index (κ2) is 57.4. The molecule has 0 spiro atoms. The Bertz CT molecular complexity index is 3850. The van der Waals surface area contributed by atoms with Gasteiger partial charge in [0.15, 0.2) is 74.4 Å². The monoisotopic (exact) mass is 1980 g/mol. The van der Waals surface area contributed by atoms with Gasteiger partial charge in [-0.05, 0) is 125 Å². The molecular formula is C102H158O37. The van der Waals surface area contributed by atoms with Crippen molar-refractivity contribution >= 4 is 35.8 Å². The van der Waals surface area contributed by atoms with Crippen LogP contribution in [0.4, 0.5) is 0 Å². The second-order valence-electron chi connectivity index (χ2n) is 40.0. The van der Waals surface area contributed by atoms with Crippen LogP contribution in [0, 0.1) is 32.5 Å². The molecule has 0 bridgehead atoms. The van der Waals surface area contributed by atoms with E-state index < -0.39 is 272 Å². The van der Waals surface area contributed by atoms with Crippen LogP contribution in [0.1, 0.15) is 125 Å². The van der Waals surface area contributed by atoms with Crippen molar-refractivity contribution in [3.05, 3.63) is 152 Å². The highest BCUT2D eigenvalue weighted by molar-refractivity contribution is 5.78. The number of carbonyl (C=O) groups excluding carboxylic acids is 6. The maximum atomic E-state index is 15.3. The van der Waals surface area contributed by atoms with E-state index in [2.05, 4.69) is 78.9 Å². The smallest absolute Gasteiger partial charge is 0.311 e. The van der Waals surface area contributed by atoms with Crippen LogP contribution in [0.5, 0.6) is 0 Å². The molecule has 139 heavy (non-hydrogen) atoms. The predicted octanol–water partition coefficient (Wildman–Crippen LogP) is 10.0. The molecule has 0 saturated carbocycles. The van der Waals surface area contributed by atoms with Crippen molar-refractivity contribution < 1.29 is 176 Å². The predicted molar refractivity (Wildman–Crippen MR) is 506 cm³/mol. The zero-order chi connectivity index (χ0) is 104. The molecule has 37 heteroatoms. The first kappa shape index (κ1) is 120. The molecule has 0 aromatic carbocycles. The fraction of sp³-hybridized carbons (Fsp3) is 0.706. The number of aliphatic hydroxyl groups is 2. The van der Waals surface area contributed by atoms with E-state index >= 15 is 14.4 Å². The van der Waals surface area contributed by atoms with Crippen LogP contribution in [0.15, 0.2) is 152 Å². The van der Waals surface area contributed by atoms with Crippen LogP contribution < -0.4 is 0 Å². The lowest BCUT2D eigenvalue weighted by Gasteiger charge is -2.53. The van der Waals surface area contributed by atoms with E-state index in [1.165, 1.54) is 72.9 Å². The van der Waals surface area contributed by atoms with Gasteiger partial charge in [-0.3, -0.25) is 28.8 Å². The van der Waals surface area contributed by atoms with Gasteiger partial charge in [0.25, 0.3) is 0 Å². The Morgan fingerprint density at radius 3 is 0.568 bits per heavy atom. The molecule has 1 unspecified atom stereocenters. The van der Waals surface area contributed by atoms with Gasteiger partial charge in [-0.1, -0.05) is 72.9 Å². The minimum atomic E-state index is -1.90. The summed E-state index contributed by atoms with van der Waals surface area (Å²) in [6, 6.07) is 0. The summed E-state index contributed by atoms with van der Waals surface area (Å²) in [4.78, 5) is 88.7. The molecule has 0 aromatic heterocycles. The van der Waals surface area contributed by atoms with Crippen molar-refractivity contribution in [3.8, 4) is 0 Å². The molecule has 6 aliphatic rings. The van der Waals surface area contributed by atoms with Crippen LogP contribution in [0.25, 0.3) is 0 Å². The first-order chi connectivity index (χ1) is 65.6. The lowest BCUT2D eigenvalue weighted by molar-refractivity contribution is -0.401. The van der Waals surface area contributed by atoms with Gasteiger partial charge in [0.1, 0.15) is 110 Å². The van der Waals surface area contributed by atoms with Gasteiger partial charge in [-0.25, -0.2) is 0 Å². The SMILES string of the molecule is C=CCOCC1O[C@@H](O[C@@H]2[C@@H](OCC=C)[C@H](OC(=O)C(C)(C)C)[C@H](O[C@@H]3[C@@H](OCC=C)[C@H](OC(=O)C(C)(C)C)[C@H](O)O[C@@H]3COCC=C)O[C@@H]2COCC=C)[C@@H](OC(=O)C(C)(C)C)[C@H](OCC=C)[C@H]1O[C@H]1O[C@@H](COCC=C)[C@@H](O[C@H]2O[C@@H](COCC=C)[C@@H](O[C@H]3O[C@@H](COCC=C)[C@@H](O)[C@H](OCC=C)[C@H]3OC(=O)C(C)(C)C)[C@H](OCC=C)[C@H]2OC(=O)C(C)(C)C)[C@H](OCC=C)[C@H]1OC(=O)C(C)(C)C. The highest BCUT2D eigenvalue weighted by Gasteiger charge is 2.64. The van der Waals surface area contributed by atoms with E-state index in [1.54, 1.807) is 125 Å². The molecule has 0 amide bonds. The fourth-order valence-corrected chi connectivity index (χ4v) is 14.6. The maximum absolute atomic E-state index is 15.3. The van der Waals surface area contributed by atoms with Crippen molar-refractivity contribution in [3.63, 3.8) is 0 Å². The van der Waals surface area contributed by atoms with Gasteiger partial charge < -0.3 is 148 Å². The largest absolute Gasteiger partial charge is 0.454 e. The van der Waals surface area contributed by atoms with Gasteiger partial charge in [0, 0.05) is 0 Å². The highest BCUT2D eigenvalue weighted by atomic mass is 16.8. The minimum absolute atomic E-state index is 0.00541. The Labute approximate surface area is 820 Å². The van der Waals surface area contributed by atoms with E-state index in [4.69, 9.17) is 137 Å². The molecule has 6 aliphatic heterocycles. The molecule has 6 heterocycles. The molecule has 0 radical (unpaired) electrons. The molecule has 788 valence electrons. The highest BCUT2D eigenvalue weighted by Crippen LogP contribution is 2.45. The molecular weight excluding hydrogens is 1820 g/mol. The van der Waals surface area contributed by atoms with E-state index in [0.29, 0.717) is 0 Å². The van der Waals surface area contributed by atoms with Crippen molar-refractivity contribution in [1.82, 2.24) is 0 Å². The van der Waals surface area contributed by atoms with Crippen LogP contribution >= 0.6 is 0 Å². The van der Waals surface area contributed by atoms with Crippen LogP contribution in [0.2, 0.25) is 0 Å². The summed E-state index contributed by atoms with van der Waals surface area (Å²) in [5.41, 5.74) is -7.48. The van der Waals surface area contributed by atoms with Crippen molar-refractivity contribution in [2.24, 2.45) is 32.5 Å². The number of ether oxygens (including phenoxy) is 29. The first-order valence-corrected chi connectivity index (χ1v) is 46.9. The molecule has 0 aromatic rings. The van der Waals surface area contributed by atoms with Crippen molar-refractivity contribution in [2.45, 2.75) is 309 Å². The Morgan fingerprint density at radius 1 is 0.216 bits per heavy atom. The summed E-state index contributed by atoms with van der Waals surface area (Å²) in [5.74, 6) is -4.81. The second-order valence-corrected chi connectivity index (χ2v) is 40.0. The maximum Gasteiger partial charge on any atom is 0.311 e. The standard InChI is InChI=1S/C102H158O37/c1-31-43-111-55-61-67(103)73(117-49-37-7)80(135-92(106)98(16,17)18)86(124-61)130-69-63(57-113-45-33-3)126-88(82(75(69)119-51-39-9)137-94(108)100(22,23)24)132-71-65(59-115-47-35-5)128-90(84(77(71)121-53-41-11)139-96(110)102(28,29)30)133-72-66(60-116-48-36-6)127-89(83(78(72)122-54-42-12)138-95(109)101(25,26)27)131-70-64(58-114-46-34-4)125-87(81(76(70)120-52-40-10)136-93(107)99(19,20)21)129-68-62(56-112-44-32-2)123-85(104)79(74(68)118-50-38-8)134-91(105)97(13,14)15/h31-42,61-90,103-104H,1-12,43-60H2,13-30H3/t61-,62+,63-,64+,65-,66?,67+,68-,69+,70-,71+,72-,73-,74+,75-,76+,77-,78+,79-,80+,81-,82+,83-,84+,85+,86+,87-,88+,89-,90+/m0/s1. The number of hydrogen-bond donors (Lipinski definition) is 2. The molecule has 0 aliphatic carbocycles. The zero-order valence-corrected chi connectivity index (χ0v) is 84.6. The van der Waals surface area contributed by atoms with E-state index in [-0.39, 0.29) is 99.1 Å². The van der Waals surface area contributed by atoms with Gasteiger partial charge in [0.2, 0.25) is 0 Å². The molecule has 6 fully saturated rings. The van der Waals surface area contributed by atoms with Gasteiger partial charge in [-0.2, -0.15) is 0 Å². The Kier molecular flexibility index (Phi) is 49.7. The number of rotatable bonds is 58. The first-order valence-electron chi connectivity index (χ1n) is 46.9. The minimum Gasteiger partial charge on any atom is -0.454 e. The number of aliphatic hydroxyl groups excluding tert-OH is 2. The third kappa shape index (κ3) is 35.6. The summed E-state index contributed by atoms with van der Waals surface area (Å²) in [6.45, 7) is 71.6. The summed E-state index contributed by atoms with van der Waals surface area (Å²) in [6.07, 6.45) is -30.7. The Morgan fingerprint density at radius 2 is 0.374 bits per heavy atom. The topological polar surface area (TPSA) is 411 Å². The Balaban J connectivity index is 1.65. The van der Waals surface area contributed by atoms with Crippen molar-refractivity contribution in [2.75, 3.05) is 119 Å². The van der Waals surface area contributed by atoms with Gasteiger partial charge in [-0.15, -0.1) is 78.9 Å². The third-order valence-electron chi connectivity index (χ3n) is 21.7. The zero-order valence-electron chi connectivity index (χ0n) is 84.6. The molecule has 2 N–H and O–H groups in total. The molecule has 6 saturated heterocycles. The quantitative estimate of drug-likeness (QED) is 0.0247. The van der Waals surface area contributed by atoms with E-state index in [0.717, 1.165) is 0 Å². The van der Waals surface area contributed by atoms with Gasteiger partial charge >= 0.3 is 35.8 Å². The van der Waals surface area contributed by atoms with Crippen LogP contribution in [0.3, 0.4) is 0 Å². The third-order valence-corrected chi connectivity index (χ3v) is 21.7. The number of carbonyl (C=O) groups is 6. The van der Waals surface area contributed by atoms with Gasteiger partial charge in [0.05, 0.1) is 151 Å². The lowest BCUT2D eigenvalue weighted by Crippen LogP contribution is -2.70.